The molecule has 8 nitrogen and oxygen atoms in total. The summed E-state index contributed by atoms with van der Waals surface area (Å²) in [7, 11) is 0. The van der Waals surface area contributed by atoms with E-state index in [1.54, 1.807) is 60.7 Å². The quantitative estimate of drug-likeness (QED) is 0.141. The number of benzene rings is 9. The van der Waals surface area contributed by atoms with Crippen LogP contribution < -0.4 is 4.90 Å². The predicted octanol–water partition coefficient (Wildman–Crippen LogP) is 14.9. The third kappa shape index (κ3) is 7.63. The zero-order chi connectivity index (χ0) is 47.6. The first-order chi connectivity index (χ1) is 34.5. The van der Waals surface area contributed by atoms with Crippen molar-refractivity contribution in [1.29, 1.82) is 21.0 Å². The van der Waals surface area contributed by atoms with E-state index in [0.717, 1.165) is 61.2 Å². The molecule has 0 aliphatic heterocycles. The fraction of sp³-hybridized carbons (Fsp3) is 0. The van der Waals surface area contributed by atoms with Gasteiger partial charge in [-0.25, -0.2) is 9.97 Å². The number of anilines is 3. The Labute approximate surface area is 404 Å². The topological polar surface area (TPSA) is 129 Å². The first-order valence-electron chi connectivity index (χ1n) is 22.5. The van der Waals surface area contributed by atoms with E-state index < -0.39 is 0 Å². The van der Waals surface area contributed by atoms with Crippen molar-refractivity contribution in [3.05, 3.63) is 241 Å². The van der Waals surface area contributed by atoms with Gasteiger partial charge in [0, 0.05) is 55.8 Å². The monoisotopic (exact) mass is 892 g/mol. The number of aromatic nitrogens is 3. The summed E-state index contributed by atoms with van der Waals surface area (Å²) >= 11 is 0. The molecule has 2 heterocycles. The Morgan fingerprint density at radius 3 is 1.49 bits per heavy atom. The minimum Gasteiger partial charge on any atom is -0.310 e. The van der Waals surface area contributed by atoms with Crippen molar-refractivity contribution in [1.82, 2.24) is 14.5 Å². The summed E-state index contributed by atoms with van der Waals surface area (Å²) in [5.41, 5.74) is 13.6. The van der Waals surface area contributed by atoms with Gasteiger partial charge in [0.25, 0.3) is 0 Å². The standard InChI is InChI=1S/C62H36N8/c63-37-44-13-7-9-19-53(44)58-36-57(67-62(68-58)54-20-10-8-14-45(54)38-64)46-33-47(39-65)61(48(34-46)40-66)43-25-23-41(24-26-43)42-27-29-51(30-28-42)70-59-22-12-11-21-55(59)56-35-52(31-32-60(56)70)69(49-15-3-1-4-16-49)50-17-5-2-6-18-50/h1-36H. The maximum Gasteiger partial charge on any atom is 0.161 e. The second-order valence-electron chi connectivity index (χ2n) is 16.6. The highest BCUT2D eigenvalue weighted by Gasteiger charge is 2.21. The van der Waals surface area contributed by atoms with Gasteiger partial charge in [0.05, 0.1) is 69.0 Å². The minimum atomic E-state index is 0.279. The molecule has 8 heteroatoms. The molecular formula is C62H36N8. The molecule has 0 N–H and O–H groups in total. The van der Waals surface area contributed by atoms with Crippen molar-refractivity contribution in [2.75, 3.05) is 4.90 Å². The molecule has 0 aliphatic carbocycles. The van der Waals surface area contributed by atoms with Gasteiger partial charge in [-0.2, -0.15) is 21.0 Å². The Morgan fingerprint density at radius 2 is 0.857 bits per heavy atom. The number of nitrogens with zero attached hydrogens (tertiary/aromatic N) is 8. The second kappa shape index (κ2) is 18.1. The molecule has 11 rings (SSSR count). The molecule has 0 aliphatic rings. The van der Waals surface area contributed by atoms with Gasteiger partial charge in [-0.15, -0.1) is 0 Å². The number of rotatable bonds is 9. The van der Waals surface area contributed by atoms with E-state index in [4.69, 9.17) is 9.97 Å². The van der Waals surface area contributed by atoms with Crippen molar-refractivity contribution >= 4 is 38.9 Å². The number of hydrogen-bond donors (Lipinski definition) is 0. The van der Waals surface area contributed by atoms with Crippen LogP contribution in [0.2, 0.25) is 0 Å². The molecule has 0 unspecified atom stereocenters. The van der Waals surface area contributed by atoms with Gasteiger partial charge in [-0.3, -0.25) is 0 Å². The molecule has 0 atom stereocenters. The van der Waals surface area contributed by atoms with Gasteiger partial charge >= 0.3 is 0 Å². The summed E-state index contributed by atoms with van der Waals surface area (Å²) in [4.78, 5) is 12.0. The highest BCUT2D eigenvalue weighted by atomic mass is 15.1. The lowest BCUT2D eigenvalue weighted by atomic mass is 9.91. The largest absolute Gasteiger partial charge is 0.310 e. The maximum atomic E-state index is 10.6. The van der Waals surface area contributed by atoms with E-state index >= 15 is 0 Å². The fourth-order valence-corrected chi connectivity index (χ4v) is 9.32. The van der Waals surface area contributed by atoms with Crippen LogP contribution in [0.25, 0.3) is 83.6 Å². The van der Waals surface area contributed by atoms with Gasteiger partial charge in [0.15, 0.2) is 5.82 Å². The highest BCUT2D eigenvalue weighted by molar-refractivity contribution is 6.10. The number of hydrogen-bond acceptors (Lipinski definition) is 7. The first kappa shape index (κ1) is 42.3. The van der Waals surface area contributed by atoms with Gasteiger partial charge in [-0.05, 0) is 114 Å². The molecule has 70 heavy (non-hydrogen) atoms. The Morgan fingerprint density at radius 1 is 0.357 bits per heavy atom. The zero-order valence-corrected chi connectivity index (χ0v) is 37.4. The molecule has 0 radical (unpaired) electrons. The highest BCUT2D eigenvalue weighted by Crippen LogP contribution is 2.41. The first-order valence-corrected chi connectivity index (χ1v) is 22.5. The van der Waals surface area contributed by atoms with Crippen LogP contribution in [0.15, 0.2) is 218 Å². The van der Waals surface area contributed by atoms with Gasteiger partial charge in [0.2, 0.25) is 0 Å². The van der Waals surface area contributed by atoms with E-state index in [0.29, 0.717) is 55.9 Å². The SMILES string of the molecule is N#Cc1ccccc1-c1cc(-c2cc(C#N)c(-c3ccc(-c4ccc(-n5c6ccccc6c6cc(N(c7ccccc7)c7ccccc7)ccc65)cc4)cc3)c(C#N)c2)nc(-c2ccccc2C#N)n1. The summed E-state index contributed by atoms with van der Waals surface area (Å²) < 4.78 is 2.31. The van der Waals surface area contributed by atoms with Crippen LogP contribution in [0, 0.1) is 45.3 Å². The molecular weight excluding hydrogens is 857 g/mol. The van der Waals surface area contributed by atoms with Crippen LogP contribution in [0.4, 0.5) is 17.1 Å². The molecule has 0 fully saturated rings. The van der Waals surface area contributed by atoms with E-state index in [9.17, 15) is 21.0 Å². The number of nitriles is 4. The Balaban J connectivity index is 0.930. The maximum absolute atomic E-state index is 10.6. The minimum absolute atomic E-state index is 0.279. The Kier molecular flexibility index (Phi) is 10.9. The summed E-state index contributed by atoms with van der Waals surface area (Å²) in [5, 5.41) is 43.4. The van der Waals surface area contributed by atoms with Gasteiger partial charge in [0.1, 0.15) is 0 Å². The van der Waals surface area contributed by atoms with Gasteiger partial charge in [-0.1, -0.05) is 121 Å². The van der Waals surface area contributed by atoms with Crippen LogP contribution >= 0.6 is 0 Å². The van der Waals surface area contributed by atoms with Crippen molar-refractivity contribution in [3.8, 4) is 86.1 Å². The molecule has 0 amide bonds. The zero-order valence-electron chi connectivity index (χ0n) is 37.4. The smallest absolute Gasteiger partial charge is 0.161 e. The lowest BCUT2D eigenvalue weighted by Crippen LogP contribution is -2.09. The van der Waals surface area contributed by atoms with Crippen molar-refractivity contribution in [2.24, 2.45) is 0 Å². The summed E-state index contributed by atoms with van der Waals surface area (Å²) in [6.07, 6.45) is 0. The number of fused-ring (bicyclic) bond motifs is 3. The normalized spacial score (nSPS) is 10.8. The molecule has 324 valence electrons. The van der Waals surface area contributed by atoms with Crippen molar-refractivity contribution in [2.45, 2.75) is 0 Å². The number of para-hydroxylation sites is 3. The van der Waals surface area contributed by atoms with Gasteiger partial charge < -0.3 is 9.47 Å². The Bertz CT molecular complexity index is 3830. The van der Waals surface area contributed by atoms with Crippen LogP contribution in [0.1, 0.15) is 22.3 Å². The molecule has 0 spiro atoms. The van der Waals surface area contributed by atoms with E-state index in [2.05, 4.69) is 149 Å². The summed E-state index contributed by atoms with van der Waals surface area (Å²) in [5.74, 6) is 0.279. The van der Waals surface area contributed by atoms with Crippen molar-refractivity contribution in [3.63, 3.8) is 0 Å². The van der Waals surface area contributed by atoms with E-state index in [1.165, 1.54) is 0 Å². The molecule has 2 aromatic heterocycles. The molecule has 0 saturated heterocycles. The average molecular weight is 893 g/mol. The van der Waals surface area contributed by atoms with Crippen LogP contribution in [0.5, 0.6) is 0 Å². The van der Waals surface area contributed by atoms with Crippen LogP contribution in [-0.2, 0) is 0 Å². The van der Waals surface area contributed by atoms with Crippen LogP contribution in [0.3, 0.4) is 0 Å². The lowest BCUT2D eigenvalue weighted by Gasteiger charge is -2.25. The molecule has 0 bridgehead atoms. The van der Waals surface area contributed by atoms with E-state index in [-0.39, 0.29) is 5.82 Å². The fourth-order valence-electron chi connectivity index (χ4n) is 9.32. The van der Waals surface area contributed by atoms with Crippen molar-refractivity contribution < 1.29 is 0 Å². The lowest BCUT2D eigenvalue weighted by molar-refractivity contribution is 1.18. The molecule has 9 aromatic carbocycles. The van der Waals surface area contributed by atoms with E-state index in [1.807, 2.05) is 42.5 Å². The molecule has 0 saturated carbocycles. The third-order valence-electron chi connectivity index (χ3n) is 12.6. The third-order valence-corrected chi connectivity index (χ3v) is 12.6. The predicted molar refractivity (Wildman–Crippen MR) is 277 cm³/mol. The summed E-state index contributed by atoms with van der Waals surface area (Å²) in [6, 6.07) is 81.0. The second-order valence-corrected chi connectivity index (χ2v) is 16.6. The molecule has 11 aromatic rings. The summed E-state index contributed by atoms with van der Waals surface area (Å²) in [6.45, 7) is 0. The average Bonchev–Trinajstić information content (AvgIpc) is 3.77. The Hall–Kier alpha value is -10.4. The van der Waals surface area contributed by atoms with Crippen LogP contribution in [-0.4, -0.2) is 14.5 Å².